The number of amides is 6. The number of ether oxygens (including phenoxy) is 1. The lowest BCUT2D eigenvalue weighted by Gasteiger charge is -2.42. The Morgan fingerprint density at radius 1 is 0.671 bits per heavy atom. The summed E-state index contributed by atoms with van der Waals surface area (Å²) in [6.45, 7) is 10.5. The Bertz CT molecular complexity index is 2770. The van der Waals surface area contributed by atoms with Gasteiger partial charge in [-0.05, 0) is 111 Å². The number of para-hydroxylation sites is 1. The third-order valence-electron chi connectivity index (χ3n) is 15.5. The van der Waals surface area contributed by atoms with Gasteiger partial charge in [0.1, 0.15) is 35.4 Å². The van der Waals surface area contributed by atoms with E-state index in [2.05, 4.69) is 44.5 Å². The number of carbonyl (C=O) groups excluding carboxylic acids is 5. The first-order chi connectivity index (χ1) is 34.1. The Morgan fingerprint density at radius 3 is 1.96 bits per heavy atom. The Labute approximate surface area is 406 Å². The van der Waals surface area contributed by atoms with Crippen molar-refractivity contribution in [2.75, 3.05) is 89.2 Å². The number of nitrogens with one attached hydrogen (secondary N) is 1. The second kappa shape index (κ2) is 19.5. The van der Waals surface area contributed by atoms with Gasteiger partial charge in [0.05, 0.1) is 22.6 Å². The van der Waals surface area contributed by atoms with E-state index >= 15 is 0 Å². The number of piperazine rings is 1. The zero-order valence-electron chi connectivity index (χ0n) is 39.5. The average molecular weight is 949 g/mol. The maximum absolute atomic E-state index is 13.7. The number of urea groups is 1. The van der Waals surface area contributed by atoms with Gasteiger partial charge in [0.2, 0.25) is 11.8 Å². The minimum absolute atomic E-state index is 0.0911. The molecule has 0 saturated carbocycles. The Hall–Kier alpha value is -6.92. The number of nitrogens with two attached hydrogens (primary N) is 1. The van der Waals surface area contributed by atoms with E-state index in [-0.39, 0.29) is 24.9 Å². The Balaban J connectivity index is 0.605. The number of nitrogens with zero attached hydrogens (tertiary/aromatic N) is 10. The highest BCUT2D eigenvalue weighted by molar-refractivity contribution is 6.23. The fraction of sp³-hybridized carbons (Fsp3) is 0.462. The number of rotatable bonds is 10. The molecule has 6 amide bonds. The fourth-order valence-corrected chi connectivity index (χ4v) is 11.5. The van der Waals surface area contributed by atoms with Crippen molar-refractivity contribution in [1.82, 2.24) is 49.6 Å². The molecule has 8 heterocycles. The summed E-state index contributed by atoms with van der Waals surface area (Å²) in [6, 6.07) is 22.4. The Kier molecular flexibility index (Phi) is 12.7. The third kappa shape index (κ3) is 9.17. The van der Waals surface area contributed by atoms with E-state index in [0.717, 1.165) is 161 Å². The minimum Gasteiger partial charge on any atom is -0.457 e. The summed E-state index contributed by atoms with van der Waals surface area (Å²) < 4.78 is 8.09. The first kappa shape index (κ1) is 45.5. The predicted molar refractivity (Wildman–Crippen MR) is 262 cm³/mol. The molecule has 2 aromatic heterocycles. The van der Waals surface area contributed by atoms with Gasteiger partial charge in [0.25, 0.3) is 11.8 Å². The number of anilines is 2. The van der Waals surface area contributed by atoms with E-state index in [1.54, 1.807) is 12.1 Å². The molecule has 0 spiro atoms. The molecule has 0 bridgehead atoms. The SMILES string of the molecule is Nc1ncnc2c1c(-c1ccc(Oc3ccccc3)cc1)nn2C1CCN(CC2CCN(C(=O)N3CCC(CN4CCN(c5ccc6c(c5)C(=O)N(C5CCC(=O)NC5=O)C6=O)CC4)CC3)CC2)CC1. The van der Waals surface area contributed by atoms with Gasteiger partial charge in [-0.3, -0.25) is 34.3 Å². The highest BCUT2D eigenvalue weighted by Crippen LogP contribution is 2.37. The summed E-state index contributed by atoms with van der Waals surface area (Å²) in [5.41, 5.74) is 10.4. The van der Waals surface area contributed by atoms with Crippen molar-refractivity contribution in [2.24, 2.45) is 11.8 Å². The maximum atomic E-state index is 13.7. The van der Waals surface area contributed by atoms with Crippen LogP contribution in [0.4, 0.5) is 16.3 Å². The molecule has 18 heteroatoms. The molecular formula is C52H60N12O6. The van der Waals surface area contributed by atoms with Gasteiger partial charge in [-0.2, -0.15) is 5.10 Å². The highest BCUT2D eigenvalue weighted by atomic mass is 16.5. The molecule has 70 heavy (non-hydrogen) atoms. The van der Waals surface area contributed by atoms with Gasteiger partial charge in [-0.1, -0.05) is 18.2 Å². The molecule has 5 fully saturated rings. The number of benzene rings is 3. The quantitative estimate of drug-likeness (QED) is 0.172. The summed E-state index contributed by atoms with van der Waals surface area (Å²) >= 11 is 0. The number of fused-ring (bicyclic) bond motifs is 2. The van der Waals surface area contributed by atoms with Crippen molar-refractivity contribution in [2.45, 2.75) is 63.5 Å². The second-order valence-electron chi connectivity index (χ2n) is 19.8. The van der Waals surface area contributed by atoms with Crippen LogP contribution in [0, 0.1) is 11.8 Å². The van der Waals surface area contributed by atoms with Gasteiger partial charge in [0, 0.05) is 96.2 Å². The van der Waals surface area contributed by atoms with Gasteiger partial charge in [-0.25, -0.2) is 19.4 Å². The van der Waals surface area contributed by atoms with E-state index < -0.39 is 29.7 Å². The van der Waals surface area contributed by atoms with Crippen molar-refractivity contribution in [1.29, 1.82) is 0 Å². The van der Waals surface area contributed by atoms with Gasteiger partial charge >= 0.3 is 6.03 Å². The summed E-state index contributed by atoms with van der Waals surface area (Å²) in [6.07, 6.45) is 7.71. The van der Waals surface area contributed by atoms with Crippen LogP contribution < -0.4 is 20.7 Å². The lowest BCUT2D eigenvalue weighted by Crippen LogP contribution is -2.54. The van der Waals surface area contributed by atoms with Crippen LogP contribution in [0.3, 0.4) is 0 Å². The number of hydrogen-bond donors (Lipinski definition) is 2. The molecule has 3 aromatic carbocycles. The van der Waals surface area contributed by atoms with Crippen LogP contribution >= 0.6 is 0 Å². The molecule has 6 aliphatic heterocycles. The van der Waals surface area contributed by atoms with Gasteiger partial charge < -0.3 is 30.1 Å². The summed E-state index contributed by atoms with van der Waals surface area (Å²) in [5, 5.41) is 8.16. The molecule has 364 valence electrons. The van der Waals surface area contributed by atoms with E-state index in [1.807, 2.05) is 60.7 Å². The van der Waals surface area contributed by atoms with Crippen molar-refractivity contribution in [3.63, 3.8) is 0 Å². The fourth-order valence-electron chi connectivity index (χ4n) is 11.5. The number of aromatic nitrogens is 4. The van der Waals surface area contributed by atoms with E-state index in [1.165, 1.54) is 6.33 Å². The molecule has 6 aliphatic rings. The molecule has 0 aliphatic carbocycles. The second-order valence-corrected chi connectivity index (χ2v) is 19.8. The predicted octanol–water partition coefficient (Wildman–Crippen LogP) is 5.27. The van der Waals surface area contributed by atoms with Gasteiger partial charge in [0.15, 0.2) is 5.65 Å². The summed E-state index contributed by atoms with van der Waals surface area (Å²) in [7, 11) is 0. The Morgan fingerprint density at radius 2 is 1.30 bits per heavy atom. The molecule has 18 nitrogen and oxygen atoms in total. The smallest absolute Gasteiger partial charge is 0.319 e. The zero-order chi connectivity index (χ0) is 47.9. The monoisotopic (exact) mass is 948 g/mol. The van der Waals surface area contributed by atoms with Crippen LogP contribution in [0.15, 0.2) is 79.1 Å². The molecule has 1 unspecified atom stereocenters. The highest BCUT2D eigenvalue weighted by Gasteiger charge is 2.45. The number of imide groups is 2. The topological polar surface area (TPSA) is 196 Å². The normalized spacial score (nSPS) is 21.5. The lowest BCUT2D eigenvalue weighted by molar-refractivity contribution is -0.136. The van der Waals surface area contributed by atoms with Crippen LogP contribution in [-0.2, 0) is 9.59 Å². The zero-order valence-corrected chi connectivity index (χ0v) is 39.5. The van der Waals surface area contributed by atoms with Crippen molar-refractivity contribution >= 4 is 52.2 Å². The average Bonchev–Trinajstić information content (AvgIpc) is 3.90. The number of carbonyl (C=O) groups is 5. The molecule has 5 saturated heterocycles. The van der Waals surface area contributed by atoms with Crippen molar-refractivity contribution in [3.8, 4) is 22.8 Å². The largest absolute Gasteiger partial charge is 0.457 e. The lowest BCUT2D eigenvalue weighted by atomic mass is 9.94. The first-order valence-corrected chi connectivity index (χ1v) is 25.0. The van der Waals surface area contributed by atoms with Crippen molar-refractivity contribution in [3.05, 3.63) is 90.3 Å². The van der Waals surface area contributed by atoms with Crippen LogP contribution in [0.5, 0.6) is 11.5 Å². The molecular weight excluding hydrogens is 889 g/mol. The molecule has 11 rings (SSSR count). The van der Waals surface area contributed by atoms with Crippen LogP contribution in [0.1, 0.15) is 78.1 Å². The van der Waals surface area contributed by atoms with E-state index in [9.17, 15) is 24.0 Å². The summed E-state index contributed by atoms with van der Waals surface area (Å²) in [4.78, 5) is 85.9. The van der Waals surface area contributed by atoms with Crippen molar-refractivity contribution < 1.29 is 28.7 Å². The molecule has 5 aromatic rings. The van der Waals surface area contributed by atoms with E-state index in [4.69, 9.17) is 15.6 Å². The summed E-state index contributed by atoms with van der Waals surface area (Å²) in [5.74, 6) is 1.07. The molecule has 0 radical (unpaired) electrons. The number of piperidine rings is 4. The molecule has 1 atom stereocenters. The third-order valence-corrected chi connectivity index (χ3v) is 15.5. The standard InChI is InChI=1S/C52H60N12O6/c53-47-45-46(36-6-9-40(10-7-36)70-39-4-2-1-3-5-39)57-64(48(45)55-33-54-47)37-18-20-58(21-19-37)31-34-14-22-61(23-15-34)52(69)62-24-16-35(17-25-62)32-59-26-28-60(29-27-59)38-8-11-41-42(30-38)51(68)63(50(41)67)43-12-13-44(65)56-49(43)66/h1-11,30,33-35,37,43H,12-29,31-32H2,(H2,53,54,55)(H,56,65,66). The van der Waals surface area contributed by atoms with Crippen LogP contribution in [-0.4, -0.2) is 158 Å². The maximum Gasteiger partial charge on any atom is 0.319 e. The van der Waals surface area contributed by atoms with Crippen LogP contribution in [0.2, 0.25) is 0 Å². The number of hydrogen-bond acceptors (Lipinski definition) is 13. The van der Waals surface area contributed by atoms with Gasteiger partial charge in [-0.15, -0.1) is 0 Å². The number of nitrogen functional groups attached to an aromatic ring is 1. The van der Waals surface area contributed by atoms with Crippen LogP contribution in [0.25, 0.3) is 22.3 Å². The minimum atomic E-state index is -0.976. The van der Waals surface area contributed by atoms with E-state index in [0.29, 0.717) is 28.8 Å². The molecule has 3 N–H and O–H groups in total. The number of likely N-dealkylation sites (tertiary alicyclic amines) is 3. The first-order valence-electron chi connectivity index (χ1n) is 25.0.